The minimum absolute atomic E-state index is 0.628. The number of benzene rings is 6. The fourth-order valence-corrected chi connectivity index (χ4v) is 7.20. The predicted molar refractivity (Wildman–Crippen MR) is 180 cm³/mol. The molecule has 0 fully saturated rings. The minimum atomic E-state index is -0.684. The van der Waals surface area contributed by atoms with Crippen molar-refractivity contribution in [2.45, 2.75) is 5.41 Å². The Morgan fingerprint density at radius 1 is 0.478 bits per heavy atom. The average molecular weight is 588 g/mol. The number of aromatic nitrogens is 2. The SMILES string of the molecule is N#Cc1ccc2c(c1)C1(c3ccccc3Oc3ccccc31)c1cc(-c3cc(-c4ccccc4)nc(-c4ccccc4)n3)ccc1-2. The summed E-state index contributed by atoms with van der Waals surface area (Å²) in [4.78, 5) is 10.2. The Kier molecular flexibility index (Phi) is 5.75. The standard InChI is InChI=1S/C42H25N3O/c43-26-27-19-21-31-32-22-20-30(38-25-37(28-11-3-1-4-12-28)44-41(45-38)29-13-5-2-6-14-29)24-36(32)42(35(31)23-27)33-15-7-9-17-39(33)46-40-18-10-8-16-34(40)42/h1-25H. The normalized spacial score (nSPS) is 13.1. The van der Waals surface area contributed by atoms with Gasteiger partial charge in [-0.2, -0.15) is 5.26 Å². The van der Waals surface area contributed by atoms with Crippen LogP contribution in [0.4, 0.5) is 0 Å². The molecule has 0 atom stereocenters. The van der Waals surface area contributed by atoms with Gasteiger partial charge < -0.3 is 4.74 Å². The first-order valence-corrected chi connectivity index (χ1v) is 15.3. The highest BCUT2D eigenvalue weighted by Crippen LogP contribution is 2.62. The quantitative estimate of drug-likeness (QED) is 0.206. The van der Waals surface area contributed by atoms with Crippen LogP contribution in [0.15, 0.2) is 152 Å². The Morgan fingerprint density at radius 3 is 1.67 bits per heavy atom. The highest BCUT2D eigenvalue weighted by molar-refractivity contribution is 5.90. The van der Waals surface area contributed by atoms with Crippen LogP contribution in [0.25, 0.3) is 45.0 Å². The molecule has 4 heteroatoms. The molecule has 214 valence electrons. The first-order valence-electron chi connectivity index (χ1n) is 15.3. The fourth-order valence-electron chi connectivity index (χ4n) is 7.20. The largest absolute Gasteiger partial charge is 0.457 e. The molecule has 1 aromatic heterocycles. The molecule has 4 nitrogen and oxygen atoms in total. The van der Waals surface area contributed by atoms with Crippen LogP contribution in [0.1, 0.15) is 27.8 Å². The van der Waals surface area contributed by atoms with Gasteiger partial charge in [-0.05, 0) is 58.7 Å². The minimum Gasteiger partial charge on any atom is -0.457 e. The van der Waals surface area contributed by atoms with Gasteiger partial charge >= 0.3 is 0 Å². The maximum atomic E-state index is 10.0. The molecular formula is C42H25N3O. The second kappa shape index (κ2) is 10.1. The predicted octanol–water partition coefficient (Wildman–Crippen LogP) is 9.82. The molecule has 9 rings (SSSR count). The lowest BCUT2D eigenvalue weighted by atomic mass is 9.65. The lowest BCUT2D eigenvalue weighted by Crippen LogP contribution is -2.32. The zero-order chi connectivity index (χ0) is 30.7. The van der Waals surface area contributed by atoms with E-state index in [2.05, 4.69) is 78.9 Å². The number of para-hydroxylation sites is 2. The third-order valence-electron chi connectivity index (χ3n) is 9.19. The van der Waals surface area contributed by atoms with Crippen LogP contribution in [-0.4, -0.2) is 9.97 Å². The molecular weight excluding hydrogens is 562 g/mol. The molecule has 7 aromatic rings. The van der Waals surface area contributed by atoms with Crippen molar-refractivity contribution in [1.82, 2.24) is 9.97 Å². The van der Waals surface area contributed by atoms with Crippen molar-refractivity contribution < 1.29 is 4.74 Å². The van der Waals surface area contributed by atoms with E-state index in [-0.39, 0.29) is 0 Å². The van der Waals surface area contributed by atoms with E-state index in [1.807, 2.05) is 78.9 Å². The molecule has 1 aliphatic carbocycles. The summed E-state index contributed by atoms with van der Waals surface area (Å²) in [5.41, 5.74) is 11.2. The smallest absolute Gasteiger partial charge is 0.160 e. The Morgan fingerprint density at radius 2 is 1.02 bits per heavy atom. The van der Waals surface area contributed by atoms with Crippen LogP contribution in [0.5, 0.6) is 11.5 Å². The van der Waals surface area contributed by atoms with Crippen LogP contribution in [0.3, 0.4) is 0 Å². The van der Waals surface area contributed by atoms with Crippen molar-refractivity contribution in [1.29, 1.82) is 5.26 Å². The van der Waals surface area contributed by atoms with Gasteiger partial charge in [0, 0.05) is 27.8 Å². The lowest BCUT2D eigenvalue weighted by molar-refractivity contribution is 0.436. The van der Waals surface area contributed by atoms with E-state index in [0.29, 0.717) is 11.4 Å². The van der Waals surface area contributed by atoms with Gasteiger partial charge in [0.2, 0.25) is 0 Å². The first-order chi connectivity index (χ1) is 22.7. The topological polar surface area (TPSA) is 58.8 Å². The third kappa shape index (κ3) is 3.79. The molecule has 2 aliphatic rings. The summed E-state index contributed by atoms with van der Waals surface area (Å²) in [7, 11) is 0. The van der Waals surface area contributed by atoms with Gasteiger partial charge in [0.25, 0.3) is 0 Å². The summed E-state index contributed by atoms with van der Waals surface area (Å²) < 4.78 is 6.51. The number of nitriles is 1. The molecule has 0 N–H and O–H groups in total. The lowest BCUT2D eigenvalue weighted by Gasteiger charge is -2.39. The Labute approximate surface area is 266 Å². The van der Waals surface area contributed by atoms with E-state index in [1.165, 1.54) is 0 Å². The monoisotopic (exact) mass is 587 g/mol. The second-order valence-electron chi connectivity index (χ2n) is 11.7. The summed E-state index contributed by atoms with van der Waals surface area (Å²) in [6.45, 7) is 0. The number of rotatable bonds is 3. The number of fused-ring (bicyclic) bond motifs is 9. The summed E-state index contributed by atoms with van der Waals surface area (Å²) in [6.07, 6.45) is 0. The third-order valence-corrected chi connectivity index (χ3v) is 9.19. The zero-order valence-electron chi connectivity index (χ0n) is 24.7. The van der Waals surface area contributed by atoms with Gasteiger partial charge in [-0.1, -0.05) is 115 Å². The summed E-state index contributed by atoms with van der Waals surface area (Å²) >= 11 is 0. The van der Waals surface area contributed by atoms with Crippen molar-refractivity contribution in [2.75, 3.05) is 0 Å². The Balaban J connectivity index is 1.34. The van der Waals surface area contributed by atoms with Crippen LogP contribution < -0.4 is 4.74 Å². The van der Waals surface area contributed by atoms with Crippen molar-refractivity contribution >= 4 is 0 Å². The van der Waals surface area contributed by atoms with Crippen LogP contribution in [0, 0.1) is 11.3 Å². The molecule has 6 aromatic carbocycles. The van der Waals surface area contributed by atoms with Crippen molar-refractivity contribution in [3.63, 3.8) is 0 Å². The van der Waals surface area contributed by atoms with Crippen LogP contribution >= 0.6 is 0 Å². The van der Waals surface area contributed by atoms with Gasteiger partial charge in [0.05, 0.1) is 28.4 Å². The number of ether oxygens (including phenoxy) is 1. The van der Waals surface area contributed by atoms with Gasteiger partial charge in [0.1, 0.15) is 11.5 Å². The molecule has 0 bridgehead atoms. The average Bonchev–Trinajstić information content (AvgIpc) is 3.41. The van der Waals surface area contributed by atoms with Gasteiger partial charge in [-0.15, -0.1) is 0 Å². The second-order valence-corrected chi connectivity index (χ2v) is 11.7. The summed E-state index contributed by atoms with van der Waals surface area (Å²) in [6, 6.07) is 54.1. The molecule has 46 heavy (non-hydrogen) atoms. The van der Waals surface area contributed by atoms with Crippen LogP contribution in [0.2, 0.25) is 0 Å². The summed E-state index contributed by atoms with van der Waals surface area (Å²) in [5.74, 6) is 2.30. The van der Waals surface area contributed by atoms with E-state index >= 15 is 0 Å². The van der Waals surface area contributed by atoms with Crippen LogP contribution in [-0.2, 0) is 5.41 Å². The van der Waals surface area contributed by atoms with E-state index in [9.17, 15) is 5.26 Å². The van der Waals surface area contributed by atoms with Gasteiger partial charge in [-0.3, -0.25) is 0 Å². The Hall–Kier alpha value is -6.31. The highest BCUT2D eigenvalue weighted by atomic mass is 16.5. The molecule has 0 saturated heterocycles. The Bertz CT molecular complexity index is 2250. The highest BCUT2D eigenvalue weighted by Gasteiger charge is 2.51. The maximum Gasteiger partial charge on any atom is 0.160 e. The number of hydrogen-bond donors (Lipinski definition) is 0. The van der Waals surface area contributed by atoms with Crippen molar-refractivity contribution in [3.05, 3.63) is 179 Å². The molecule has 0 unspecified atom stereocenters. The fraction of sp³-hybridized carbons (Fsp3) is 0.0238. The number of hydrogen-bond acceptors (Lipinski definition) is 4. The molecule has 0 amide bonds. The summed E-state index contributed by atoms with van der Waals surface area (Å²) in [5, 5.41) is 10.0. The maximum absolute atomic E-state index is 10.0. The molecule has 0 radical (unpaired) electrons. The molecule has 2 heterocycles. The van der Waals surface area contributed by atoms with Gasteiger partial charge in [0.15, 0.2) is 5.82 Å². The van der Waals surface area contributed by atoms with Crippen molar-refractivity contribution in [3.8, 4) is 62.6 Å². The van der Waals surface area contributed by atoms with E-state index < -0.39 is 5.41 Å². The molecule has 1 aliphatic heterocycles. The first kappa shape index (κ1) is 26.1. The van der Waals surface area contributed by atoms with Gasteiger partial charge in [-0.25, -0.2) is 9.97 Å². The number of nitrogens with zero attached hydrogens (tertiary/aromatic N) is 3. The molecule has 0 saturated carbocycles. The van der Waals surface area contributed by atoms with E-state index in [0.717, 1.165) is 73.0 Å². The zero-order valence-corrected chi connectivity index (χ0v) is 24.7. The van der Waals surface area contributed by atoms with Crippen molar-refractivity contribution in [2.24, 2.45) is 0 Å². The molecule has 1 spiro atoms. The van der Waals surface area contributed by atoms with E-state index in [4.69, 9.17) is 14.7 Å². The van der Waals surface area contributed by atoms with E-state index in [1.54, 1.807) is 0 Å².